The number of hydrogen-bond acceptors (Lipinski definition) is 4. The Morgan fingerprint density at radius 3 is 2.25 bits per heavy atom. The summed E-state index contributed by atoms with van der Waals surface area (Å²) in [5.74, 6) is -1.33. The molecule has 3 amide bonds. The average Bonchev–Trinajstić information content (AvgIpc) is 2.68. The Labute approximate surface area is 168 Å². The predicted molar refractivity (Wildman–Crippen MR) is 106 cm³/mol. The minimum Gasteiger partial charge on any atom is -0.368 e. The SMILES string of the molecule is C[C@@H](NC(=O)CCC(=O)N[C@@H](Cc1ccc(Cl)nc1)C(N)=O)c1ccccc1. The summed E-state index contributed by atoms with van der Waals surface area (Å²) in [5.41, 5.74) is 7.06. The van der Waals surface area contributed by atoms with E-state index in [9.17, 15) is 14.4 Å². The number of benzene rings is 1. The van der Waals surface area contributed by atoms with Gasteiger partial charge in [0.15, 0.2) is 0 Å². The van der Waals surface area contributed by atoms with Crippen molar-refractivity contribution in [3.8, 4) is 0 Å². The number of nitrogens with two attached hydrogens (primary N) is 1. The van der Waals surface area contributed by atoms with Crippen LogP contribution in [0.15, 0.2) is 48.7 Å². The second kappa shape index (κ2) is 10.4. The maximum atomic E-state index is 12.1. The number of halogens is 1. The Morgan fingerprint density at radius 2 is 1.68 bits per heavy atom. The number of carbonyl (C=O) groups excluding carboxylic acids is 3. The lowest BCUT2D eigenvalue weighted by Gasteiger charge is -2.16. The summed E-state index contributed by atoms with van der Waals surface area (Å²) in [4.78, 5) is 39.8. The van der Waals surface area contributed by atoms with Crippen LogP contribution in [-0.4, -0.2) is 28.7 Å². The van der Waals surface area contributed by atoms with Crippen LogP contribution in [0, 0.1) is 0 Å². The van der Waals surface area contributed by atoms with E-state index < -0.39 is 17.9 Å². The van der Waals surface area contributed by atoms with E-state index in [0.717, 1.165) is 5.56 Å². The predicted octanol–water partition coefficient (Wildman–Crippen LogP) is 1.91. The average molecular weight is 403 g/mol. The van der Waals surface area contributed by atoms with Crippen LogP contribution in [0.5, 0.6) is 0 Å². The van der Waals surface area contributed by atoms with Gasteiger partial charge in [-0.05, 0) is 24.1 Å². The van der Waals surface area contributed by atoms with Crippen molar-refractivity contribution in [2.75, 3.05) is 0 Å². The van der Waals surface area contributed by atoms with Crippen molar-refractivity contribution in [1.29, 1.82) is 0 Å². The highest BCUT2D eigenvalue weighted by molar-refractivity contribution is 6.29. The second-order valence-electron chi connectivity index (χ2n) is 6.42. The molecule has 0 aliphatic rings. The smallest absolute Gasteiger partial charge is 0.240 e. The Kier molecular flexibility index (Phi) is 7.95. The third-order valence-corrected chi connectivity index (χ3v) is 4.39. The van der Waals surface area contributed by atoms with Gasteiger partial charge in [0, 0.05) is 25.5 Å². The molecular weight excluding hydrogens is 380 g/mol. The van der Waals surface area contributed by atoms with Crippen molar-refractivity contribution < 1.29 is 14.4 Å². The van der Waals surface area contributed by atoms with Crippen molar-refractivity contribution >= 4 is 29.3 Å². The summed E-state index contributed by atoms with van der Waals surface area (Å²) in [6.07, 6.45) is 1.68. The van der Waals surface area contributed by atoms with Gasteiger partial charge in [0.2, 0.25) is 17.7 Å². The normalized spacial score (nSPS) is 12.6. The van der Waals surface area contributed by atoms with Gasteiger partial charge in [-0.3, -0.25) is 14.4 Å². The molecule has 0 saturated heterocycles. The topological polar surface area (TPSA) is 114 Å². The minimum absolute atomic E-state index is 0.0109. The summed E-state index contributed by atoms with van der Waals surface area (Å²) in [7, 11) is 0. The fourth-order valence-electron chi connectivity index (χ4n) is 2.62. The Balaban J connectivity index is 1.81. The van der Waals surface area contributed by atoms with Crippen molar-refractivity contribution in [2.24, 2.45) is 5.73 Å². The first-order valence-electron chi connectivity index (χ1n) is 8.88. The Bertz CT molecular complexity index is 812. The third-order valence-electron chi connectivity index (χ3n) is 4.16. The summed E-state index contributed by atoms with van der Waals surface area (Å²) >= 11 is 5.73. The van der Waals surface area contributed by atoms with E-state index in [0.29, 0.717) is 10.7 Å². The molecule has 0 unspecified atom stereocenters. The highest BCUT2D eigenvalue weighted by atomic mass is 35.5. The highest BCUT2D eigenvalue weighted by Gasteiger charge is 2.19. The quantitative estimate of drug-likeness (QED) is 0.556. The molecule has 1 heterocycles. The van der Waals surface area contributed by atoms with Crippen LogP contribution in [-0.2, 0) is 20.8 Å². The summed E-state index contributed by atoms with van der Waals surface area (Å²) < 4.78 is 0. The molecule has 0 aliphatic carbocycles. The number of hydrogen-bond donors (Lipinski definition) is 3. The lowest BCUT2D eigenvalue weighted by Crippen LogP contribution is -2.46. The summed E-state index contributed by atoms with van der Waals surface area (Å²) in [5, 5.41) is 5.74. The molecule has 0 spiro atoms. The van der Waals surface area contributed by atoms with Gasteiger partial charge >= 0.3 is 0 Å². The summed E-state index contributed by atoms with van der Waals surface area (Å²) in [6, 6.07) is 11.8. The molecule has 4 N–H and O–H groups in total. The fourth-order valence-corrected chi connectivity index (χ4v) is 2.73. The number of nitrogens with one attached hydrogen (secondary N) is 2. The van der Waals surface area contributed by atoms with Gasteiger partial charge in [0.25, 0.3) is 0 Å². The van der Waals surface area contributed by atoms with E-state index in [1.54, 1.807) is 12.1 Å². The molecule has 2 aromatic rings. The molecule has 0 aliphatic heterocycles. The molecule has 1 aromatic heterocycles. The molecule has 2 rings (SSSR count). The maximum Gasteiger partial charge on any atom is 0.240 e. The van der Waals surface area contributed by atoms with Crippen molar-refractivity contribution in [3.05, 3.63) is 64.9 Å². The number of pyridine rings is 1. The molecule has 148 valence electrons. The number of nitrogens with zero attached hydrogens (tertiary/aromatic N) is 1. The van der Waals surface area contributed by atoms with Crippen LogP contribution in [0.25, 0.3) is 0 Å². The Hall–Kier alpha value is -2.93. The van der Waals surface area contributed by atoms with E-state index in [2.05, 4.69) is 15.6 Å². The summed E-state index contributed by atoms with van der Waals surface area (Å²) in [6.45, 7) is 1.87. The number of carbonyl (C=O) groups is 3. The van der Waals surface area contributed by atoms with Crippen LogP contribution >= 0.6 is 11.6 Å². The van der Waals surface area contributed by atoms with Crippen LogP contribution in [0.1, 0.15) is 36.9 Å². The zero-order valence-electron chi connectivity index (χ0n) is 15.5. The van der Waals surface area contributed by atoms with Gasteiger partial charge in [-0.2, -0.15) is 0 Å². The molecule has 0 radical (unpaired) electrons. The molecule has 0 fully saturated rings. The molecule has 28 heavy (non-hydrogen) atoms. The first-order chi connectivity index (χ1) is 13.3. The Morgan fingerprint density at radius 1 is 1.04 bits per heavy atom. The van der Waals surface area contributed by atoms with E-state index in [4.69, 9.17) is 17.3 Å². The lowest BCUT2D eigenvalue weighted by molar-refractivity contribution is -0.129. The fraction of sp³-hybridized carbons (Fsp3) is 0.300. The van der Waals surface area contributed by atoms with Crippen LogP contribution < -0.4 is 16.4 Å². The zero-order valence-corrected chi connectivity index (χ0v) is 16.3. The van der Waals surface area contributed by atoms with Gasteiger partial charge in [0.05, 0.1) is 6.04 Å². The van der Waals surface area contributed by atoms with Crippen LogP contribution in [0.3, 0.4) is 0 Å². The lowest BCUT2D eigenvalue weighted by atomic mass is 10.1. The first-order valence-corrected chi connectivity index (χ1v) is 9.26. The van der Waals surface area contributed by atoms with Crippen LogP contribution in [0.2, 0.25) is 5.15 Å². The molecule has 7 nitrogen and oxygen atoms in total. The largest absolute Gasteiger partial charge is 0.368 e. The van der Waals surface area contributed by atoms with Gasteiger partial charge in [-0.25, -0.2) is 4.98 Å². The first kappa shape index (κ1) is 21.4. The van der Waals surface area contributed by atoms with Gasteiger partial charge in [-0.1, -0.05) is 48.0 Å². The minimum atomic E-state index is -0.887. The van der Waals surface area contributed by atoms with E-state index in [-0.39, 0.29) is 31.2 Å². The molecule has 1 aromatic carbocycles. The monoisotopic (exact) mass is 402 g/mol. The van der Waals surface area contributed by atoms with E-state index >= 15 is 0 Å². The zero-order chi connectivity index (χ0) is 20.5. The molecule has 0 saturated carbocycles. The van der Waals surface area contributed by atoms with E-state index in [1.807, 2.05) is 37.3 Å². The molecule has 2 atom stereocenters. The van der Waals surface area contributed by atoms with Crippen molar-refractivity contribution in [2.45, 2.75) is 38.3 Å². The van der Waals surface area contributed by atoms with Crippen molar-refractivity contribution in [3.63, 3.8) is 0 Å². The molecule has 0 bridgehead atoms. The van der Waals surface area contributed by atoms with Gasteiger partial charge in [-0.15, -0.1) is 0 Å². The molecule has 8 heteroatoms. The number of rotatable bonds is 9. The standard InChI is InChI=1S/C20H23ClN4O3/c1-13(15-5-3-2-4-6-15)24-18(26)9-10-19(27)25-16(20(22)28)11-14-7-8-17(21)23-12-14/h2-8,12-13,16H,9-11H2,1H3,(H2,22,28)(H,24,26)(H,25,27)/t13-,16+/m1/s1. The van der Waals surface area contributed by atoms with Gasteiger partial charge < -0.3 is 16.4 Å². The highest BCUT2D eigenvalue weighted by Crippen LogP contribution is 2.11. The van der Waals surface area contributed by atoms with Crippen molar-refractivity contribution in [1.82, 2.24) is 15.6 Å². The number of primary amides is 1. The van der Waals surface area contributed by atoms with Gasteiger partial charge in [0.1, 0.15) is 11.2 Å². The van der Waals surface area contributed by atoms with E-state index in [1.165, 1.54) is 6.20 Å². The third kappa shape index (κ3) is 7.00. The molecular formula is C20H23ClN4O3. The number of aromatic nitrogens is 1. The second-order valence-corrected chi connectivity index (χ2v) is 6.80. The maximum absolute atomic E-state index is 12.1. The van der Waals surface area contributed by atoms with Crippen LogP contribution in [0.4, 0.5) is 0 Å². The number of amides is 3.